The monoisotopic (exact) mass is 496 g/mol. The fourth-order valence-electron chi connectivity index (χ4n) is 4.31. The molecule has 0 aromatic carbocycles. The third kappa shape index (κ3) is 29.1. The van der Waals surface area contributed by atoms with Crippen LogP contribution in [0.3, 0.4) is 0 Å². The molecular weight excluding hydrogens is 436 g/mol. The predicted molar refractivity (Wildman–Crippen MR) is 149 cm³/mol. The molecule has 0 atom stereocenters. The average Bonchev–Trinajstić information content (AvgIpc) is 2.80. The van der Waals surface area contributed by atoms with Gasteiger partial charge in [0.15, 0.2) is 0 Å². The molecule has 208 valence electrons. The largest absolute Gasteiger partial charge is 0.466 e. The van der Waals surface area contributed by atoms with Crippen LogP contribution < -0.4 is 0 Å². The summed E-state index contributed by atoms with van der Waals surface area (Å²) in [6.07, 6.45) is 23.4. The van der Waals surface area contributed by atoms with Crippen LogP contribution in [0.25, 0.3) is 0 Å². The maximum absolute atomic E-state index is 11.8. The van der Waals surface area contributed by atoms with Crippen molar-refractivity contribution in [1.82, 2.24) is 0 Å². The van der Waals surface area contributed by atoms with Gasteiger partial charge in [-0.15, -0.1) is 0 Å². The van der Waals surface area contributed by atoms with Gasteiger partial charge in [0.1, 0.15) is 0 Å². The van der Waals surface area contributed by atoms with Gasteiger partial charge in [-0.1, -0.05) is 124 Å². The second-order valence-electron chi connectivity index (χ2n) is 11.3. The molecule has 4 nitrogen and oxygen atoms in total. The van der Waals surface area contributed by atoms with E-state index >= 15 is 0 Å². The van der Waals surface area contributed by atoms with Crippen LogP contribution in [0, 0.1) is 11.8 Å². The van der Waals surface area contributed by atoms with Crippen LogP contribution in [-0.4, -0.2) is 25.2 Å². The van der Waals surface area contributed by atoms with Crippen molar-refractivity contribution in [3.05, 3.63) is 0 Å². The normalized spacial score (nSPS) is 11.4. The van der Waals surface area contributed by atoms with Crippen molar-refractivity contribution in [1.29, 1.82) is 0 Å². The molecule has 0 aromatic heterocycles. The molecule has 35 heavy (non-hydrogen) atoms. The predicted octanol–water partition coefficient (Wildman–Crippen LogP) is 9.58. The standard InChI is InChI=1S/C31H60O4/c1-28(2)22-16-10-5-7-14-20-26-34-30(32)24-18-12-9-13-19-25-31(33)35-27-21-15-8-6-11-17-23-29(3)4/h28-29H,5-27H2,1-4H3. The van der Waals surface area contributed by atoms with E-state index in [4.69, 9.17) is 9.47 Å². The number of carbonyl (C=O) groups is 2. The van der Waals surface area contributed by atoms with Crippen LogP contribution in [-0.2, 0) is 19.1 Å². The fraction of sp³-hybridized carbons (Fsp3) is 0.935. The zero-order chi connectivity index (χ0) is 26.0. The lowest BCUT2D eigenvalue weighted by Gasteiger charge is -2.07. The van der Waals surface area contributed by atoms with Gasteiger partial charge in [-0.25, -0.2) is 0 Å². The molecule has 0 aromatic rings. The van der Waals surface area contributed by atoms with Crippen LogP contribution in [0.5, 0.6) is 0 Å². The van der Waals surface area contributed by atoms with Crippen molar-refractivity contribution >= 4 is 11.9 Å². The summed E-state index contributed by atoms with van der Waals surface area (Å²) in [5.74, 6) is 1.52. The maximum Gasteiger partial charge on any atom is 0.305 e. The average molecular weight is 497 g/mol. The molecule has 0 heterocycles. The number of hydrogen-bond acceptors (Lipinski definition) is 4. The Balaban J connectivity index is 3.29. The van der Waals surface area contributed by atoms with Gasteiger partial charge in [0.05, 0.1) is 13.2 Å². The summed E-state index contributed by atoms with van der Waals surface area (Å²) >= 11 is 0. The van der Waals surface area contributed by atoms with Gasteiger partial charge >= 0.3 is 11.9 Å². The van der Waals surface area contributed by atoms with Gasteiger partial charge in [-0.3, -0.25) is 9.59 Å². The summed E-state index contributed by atoms with van der Waals surface area (Å²) in [6.45, 7) is 10.3. The molecular formula is C31H60O4. The molecule has 0 saturated heterocycles. The lowest BCUT2D eigenvalue weighted by atomic mass is 10.0. The van der Waals surface area contributed by atoms with Gasteiger partial charge in [-0.2, -0.15) is 0 Å². The molecule has 0 N–H and O–H groups in total. The zero-order valence-corrected chi connectivity index (χ0v) is 24.1. The summed E-state index contributed by atoms with van der Waals surface area (Å²) < 4.78 is 10.7. The number of carbonyl (C=O) groups excluding carboxylic acids is 2. The molecule has 0 aliphatic carbocycles. The Labute approximate surface area is 218 Å². The minimum atomic E-state index is -0.0546. The molecule has 0 rings (SSSR count). The van der Waals surface area contributed by atoms with Crippen LogP contribution >= 0.6 is 0 Å². The highest BCUT2D eigenvalue weighted by molar-refractivity contribution is 5.69. The first-order chi connectivity index (χ1) is 16.9. The number of esters is 2. The Morgan fingerprint density at radius 2 is 0.714 bits per heavy atom. The lowest BCUT2D eigenvalue weighted by Crippen LogP contribution is -2.06. The van der Waals surface area contributed by atoms with Crippen molar-refractivity contribution in [2.24, 2.45) is 11.8 Å². The molecule has 0 amide bonds. The Morgan fingerprint density at radius 1 is 0.429 bits per heavy atom. The summed E-state index contributed by atoms with van der Waals surface area (Å²) in [5, 5.41) is 0. The molecule has 4 heteroatoms. The van der Waals surface area contributed by atoms with E-state index in [2.05, 4.69) is 27.7 Å². The highest BCUT2D eigenvalue weighted by Crippen LogP contribution is 2.13. The van der Waals surface area contributed by atoms with E-state index in [1.807, 2.05) is 0 Å². The van der Waals surface area contributed by atoms with Crippen molar-refractivity contribution in [2.75, 3.05) is 13.2 Å². The number of rotatable bonds is 26. The lowest BCUT2D eigenvalue weighted by molar-refractivity contribution is -0.144. The minimum absolute atomic E-state index is 0.0546. The zero-order valence-electron chi connectivity index (χ0n) is 24.1. The van der Waals surface area contributed by atoms with Crippen molar-refractivity contribution in [3.63, 3.8) is 0 Å². The van der Waals surface area contributed by atoms with Crippen molar-refractivity contribution in [2.45, 2.75) is 163 Å². The molecule has 0 fully saturated rings. The molecule has 0 radical (unpaired) electrons. The van der Waals surface area contributed by atoms with Gasteiger partial charge in [0.25, 0.3) is 0 Å². The Hall–Kier alpha value is -1.06. The van der Waals surface area contributed by atoms with E-state index in [9.17, 15) is 9.59 Å². The summed E-state index contributed by atoms with van der Waals surface area (Å²) in [5.41, 5.74) is 0. The van der Waals surface area contributed by atoms with Gasteiger partial charge in [0.2, 0.25) is 0 Å². The first-order valence-electron chi connectivity index (χ1n) is 15.2. The third-order valence-electron chi connectivity index (χ3n) is 6.64. The van der Waals surface area contributed by atoms with Gasteiger partial charge in [0, 0.05) is 12.8 Å². The first kappa shape index (κ1) is 33.9. The van der Waals surface area contributed by atoms with Gasteiger partial charge < -0.3 is 9.47 Å². The van der Waals surface area contributed by atoms with E-state index in [0.29, 0.717) is 26.1 Å². The van der Waals surface area contributed by atoms with Crippen LogP contribution in [0.4, 0.5) is 0 Å². The smallest absolute Gasteiger partial charge is 0.305 e. The number of ether oxygens (including phenoxy) is 2. The molecule has 0 saturated carbocycles. The number of hydrogen-bond donors (Lipinski definition) is 0. The topological polar surface area (TPSA) is 52.6 Å². The fourth-order valence-corrected chi connectivity index (χ4v) is 4.31. The Morgan fingerprint density at radius 3 is 1.06 bits per heavy atom. The first-order valence-corrected chi connectivity index (χ1v) is 15.2. The second kappa shape index (κ2) is 26.0. The van der Waals surface area contributed by atoms with Crippen LogP contribution in [0.2, 0.25) is 0 Å². The SMILES string of the molecule is CC(C)CCCCCCCCOC(=O)CCCCCCCC(=O)OCCCCCCCCC(C)C. The van der Waals surface area contributed by atoms with E-state index in [1.165, 1.54) is 64.2 Å². The van der Waals surface area contributed by atoms with Crippen LogP contribution in [0.1, 0.15) is 163 Å². The van der Waals surface area contributed by atoms with Gasteiger partial charge in [-0.05, 0) is 37.5 Å². The van der Waals surface area contributed by atoms with Crippen molar-refractivity contribution in [3.8, 4) is 0 Å². The Kier molecular flexibility index (Phi) is 25.2. The second-order valence-corrected chi connectivity index (χ2v) is 11.3. The quantitative estimate of drug-likeness (QED) is 0.0883. The Bertz CT molecular complexity index is 431. The minimum Gasteiger partial charge on any atom is -0.466 e. The molecule has 0 bridgehead atoms. The van der Waals surface area contributed by atoms with E-state index < -0.39 is 0 Å². The van der Waals surface area contributed by atoms with Crippen LogP contribution in [0.15, 0.2) is 0 Å². The molecule has 0 aliphatic heterocycles. The maximum atomic E-state index is 11.8. The van der Waals surface area contributed by atoms with Crippen molar-refractivity contribution < 1.29 is 19.1 Å². The van der Waals surface area contributed by atoms with E-state index in [0.717, 1.165) is 69.6 Å². The number of unbranched alkanes of at least 4 members (excludes halogenated alkanes) is 14. The molecule has 0 unspecified atom stereocenters. The highest BCUT2D eigenvalue weighted by atomic mass is 16.5. The summed E-state index contributed by atoms with van der Waals surface area (Å²) in [6, 6.07) is 0. The van der Waals surface area contributed by atoms with E-state index in [1.54, 1.807) is 0 Å². The summed E-state index contributed by atoms with van der Waals surface area (Å²) in [4.78, 5) is 23.6. The third-order valence-corrected chi connectivity index (χ3v) is 6.64. The molecule has 0 spiro atoms. The summed E-state index contributed by atoms with van der Waals surface area (Å²) in [7, 11) is 0. The molecule has 0 aliphatic rings. The highest BCUT2D eigenvalue weighted by Gasteiger charge is 2.05. The van der Waals surface area contributed by atoms with E-state index in [-0.39, 0.29) is 11.9 Å².